The van der Waals surface area contributed by atoms with E-state index in [1.807, 2.05) is 0 Å². The SMILES string of the molecule is COC1CCc2[nH]c3c(C)cc(N)c(C)c3c2C1. The number of nitrogen functional groups attached to an aromatic ring is 1. The Labute approximate surface area is 107 Å². The van der Waals surface area contributed by atoms with Crippen LogP contribution >= 0.6 is 0 Å². The fourth-order valence-electron chi connectivity index (χ4n) is 3.13. The quantitative estimate of drug-likeness (QED) is 0.758. The molecule has 3 N–H and O–H groups in total. The van der Waals surface area contributed by atoms with E-state index in [9.17, 15) is 0 Å². The van der Waals surface area contributed by atoms with Gasteiger partial charge >= 0.3 is 0 Å². The molecule has 1 aliphatic rings. The van der Waals surface area contributed by atoms with Crippen molar-refractivity contribution >= 4 is 16.6 Å². The molecular weight excluding hydrogens is 224 g/mol. The molecule has 1 aliphatic carbocycles. The number of H-pyrrole nitrogens is 1. The summed E-state index contributed by atoms with van der Waals surface area (Å²) in [5, 5.41) is 1.32. The lowest BCUT2D eigenvalue weighted by atomic mass is 9.91. The smallest absolute Gasteiger partial charge is 0.0616 e. The van der Waals surface area contributed by atoms with Crippen LogP contribution in [-0.2, 0) is 17.6 Å². The monoisotopic (exact) mass is 244 g/mol. The zero-order valence-electron chi connectivity index (χ0n) is 11.3. The van der Waals surface area contributed by atoms with Crippen molar-refractivity contribution in [3.8, 4) is 0 Å². The molecule has 1 aromatic carbocycles. The second-order valence-electron chi connectivity index (χ2n) is 5.34. The molecule has 96 valence electrons. The third-order valence-electron chi connectivity index (χ3n) is 4.25. The Morgan fingerprint density at radius 3 is 2.89 bits per heavy atom. The Morgan fingerprint density at radius 1 is 1.39 bits per heavy atom. The van der Waals surface area contributed by atoms with Crippen LogP contribution in [0.25, 0.3) is 10.9 Å². The lowest BCUT2D eigenvalue weighted by Gasteiger charge is -2.21. The summed E-state index contributed by atoms with van der Waals surface area (Å²) in [5.41, 5.74) is 13.5. The van der Waals surface area contributed by atoms with Crippen LogP contribution in [0.1, 0.15) is 28.8 Å². The molecular formula is C15H20N2O. The van der Waals surface area contributed by atoms with E-state index in [1.165, 1.54) is 33.3 Å². The van der Waals surface area contributed by atoms with Crippen LogP contribution in [0.3, 0.4) is 0 Å². The molecule has 0 spiro atoms. The molecule has 0 amide bonds. The van der Waals surface area contributed by atoms with Crippen LogP contribution in [0.2, 0.25) is 0 Å². The summed E-state index contributed by atoms with van der Waals surface area (Å²) < 4.78 is 5.52. The molecule has 3 rings (SSSR count). The molecule has 1 aromatic heterocycles. The highest BCUT2D eigenvalue weighted by atomic mass is 16.5. The van der Waals surface area contributed by atoms with Crippen LogP contribution in [0, 0.1) is 13.8 Å². The molecule has 0 saturated carbocycles. The lowest BCUT2D eigenvalue weighted by Crippen LogP contribution is -2.20. The van der Waals surface area contributed by atoms with Crippen molar-refractivity contribution in [1.82, 2.24) is 4.98 Å². The largest absolute Gasteiger partial charge is 0.398 e. The molecule has 1 unspecified atom stereocenters. The second-order valence-corrected chi connectivity index (χ2v) is 5.34. The molecule has 1 heterocycles. The predicted octanol–water partition coefficient (Wildman–Crippen LogP) is 2.87. The topological polar surface area (TPSA) is 51.0 Å². The summed E-state index contributed by atoms with van der Waals surface area (Å²) in [6.07, 6.45) is 3.51. The number of nitrogens with two attached hydrogens (primary N) is 1. The molecule has 0 radical (unpaired) electrons. The number of nitrogens with one attached hydrogen (secondary N) is 1. The number of aromatic nitrogens is 1. The number of hydrogen-bond acceptors (Lipinski definition) is 2. The Bertz CT molecular complexity index is 613. The average molecular weight is 244 g/mol. The third kappa shape index (κ3) is 1.54. The van der Waals surface area contributed by atoms with Gasteiger partial charge in [-0.05, 0) is 49.4 Å². The number of methoxy groups -OCH3 is 1. The molecule has 0 saturated heterocycles. The van der Waals surface area contributed by atoms with Gasteiger partial charge in [0.05, 0.1) is 6.10 Å². The van der Waals surface area contributed by atoms with Gasteiger partial charge in [0, 0.05) is 35.8 Å². The Morgan fingerprint density at radius 2 is 2.17 bits per heavy atom. The van der Waals surface area contributed by atoms with E-state index in [0.29, 0.717) is 6.10 Å². The zero-order valence-corrected chi connectivity index (χ0v) is 11.3. The minimum Gasteiger partial charge on any atom is -0.398 e. The number of aryl methyl sites for hydroxylation is 3. The number of aromatic amines is 1. The van der Waals surface area contributed by atoms with E-state index >= 15 is 0 Å². The highest BCUT2D eigenvalue weighted by molar-refractivity contribution is 5.94. The molecule has 0 fully saturated rings. The second kappa shape index (κ2) is 4.02. The molecule has 0 aliphatic heterocycles. The summed E-state index contributed by atoms with van der Waals surface area (Å²) in [5.74, 6) is 0. The Kier molecular flexibility index (Phi) is 2.59. The highest BCUT2D eigenvalue weighted by Crippen LogP contribution is 2.35. The first-order chi connectivity index (χ1) is 8.61. The first kappa shape index (κ1) is 11.6. The maximum atomic E-state index is 6.10. The van der Waals surface area contributed by atoms with Crippen LogP contribution < -0.4 is 5.73 Å². The van der Waals surface area contributed by atoms with Gasteiger partial charge in [0.2, 0.25) is 0 Å². The van der Waals surface area contributed by atoms with Crippen molar-refractivity contribution in [2.24, 2.45) is 0 Å². The van der Waals surface area contributed by atoms with Gasteiger partial charge in [-0.25, -0.2) is 0 Å². The van der Waals surface area contributed by atoms with E-state index in [1.54, 1.807) is 7.11 Å². The molecule has 3 heteroatoms. The number of hydrogen-bond donors (Lipinski definition) is 2. The number of benzene rings is 1. The third-order valence-corrected chi connectivity index (χ3v) is 4.25. The fraction of sp³-hybridized carbons (Fsp3) is 0.467. The van der Waals surface area contributed by atoms with Crippen LogP contribution in [-0.4, -0.2) is 18.2 Å². The van der Waals surface area contributed by atoms with Crippen molar-refractivity contribution in [2.45, 2.75) is 39.2 Å². The van der Waals surface area contributed by atoms with E-state index < -0.39 is 0 Å². The first-order valence-electron chi connectivity index (χ1n) is 6.53. The number of fused-ring (bicyclic) bond motifs is 3. The molecule has 1 atom stereocenters. The maximum absolute atomic E-state index is 6.10. The van der Waals surface area contributed by atoms with Crippen molar-refractivity contribution in [3.63, 3.8) is 0 Å². The predicted molar refractivity (Wildman–Crippen MR) is 75.0 cm³/mol. The number of ether oxygens (including phenoxy) is 1. The summed E-state index contributed by atoms with van der Waals surface area (Å²) in [4.78, 5) is 3.59. The number of anilines is 1. The molecule has 3 nitrogen and oxygen atoms in total. The van der Waals surface area contributed by atoms with Gasteiger partial charge in [0.1, 0.15) is 0 Å². The Hall–Kier alpha value is -1.48. The average Bonchev–Trinajstić information content (AvgIpc) is 2.75. The summed E-state index contributed by atoms with van der Waals surface area (Å²) in [7, 11) is 1.80. The fourth-order valence-corrected chi connectivity index (χ4v) is 3.13. The maximum Gasteiger partial charge on any atom is 0.0616 e. The van der Waals surface area contributed by atoms with Gasteiger partial charge in [0.15, 0.2) is 0 Å². The normalized spacial score (nSPS) is 19.2. The van der Waals surface area contributed by atoms with Crippen LogP contribution in [0.4, 0.5) is 5.69 Å². The van der Waals surface area contributed by atoms with Gasteiger partial charge in [0.25, 0.3) is 0 Å². The van der Waals surface area contributed by atoms with Gasteiger partial charge in [-0.3, -0.25) is 0 Å². The van der Waals surface area contributed by atoms with Crippen molar-refractivity contribution in [1.29, 1.82) is 0 Å². The molecule has 2 aromatic rings. The summed E-state index contributed by atoms with van der Waals surface area (Å²) in [6.45, 7) is 4.23. The lowest BCUT2D eigenvalue weighted by molar-refractivity contribution is 0.0911. The van der Waals surface area contributed by atoms with E-state index in [2.05, 4.69) is 24.9 Å². The summed E-state index contributed by atoms with van der Waals surface area (Å²) in [6, 6.07) is 2.06. The highest BCUT2D eigenvalue weighted by Gasteiger charge is 2.24. The molecule has 18 heavy (non-hydrogen) atoms. The van der Waals surface area contributed by atoms with E-state index in [4.69, 9.17) is 10.5 Å². The van der Waals surface area contributed by atoms with Crippen molar-refractivity contribution in [2.75, 3.05) is 12.8 Å². The first-order valence-corrected chi connectivity index (χ1v) is 6.53. The van der Waals surface area contributed by atoms with Gasteiger partial charge < -0.3 is 15.5 Å². The van der Waals surface area contributed by atoms with Crippen LogP contribution in [0.15, 0.2) is 6.07 Å². The van der Waals surface area contributed by atoms with Gasteiger partial charge in [-0.15, -0.1) is 0 Å². The van der Waals surface area contributed by atoms with E-state index in [0.717, 1.165) is 24.9 Å². The molecule has 0 bridgehead atoms. The van der Waals surface area contributed by atoms with Crippen LogP contribution in [0.5, 0.6) is 0 Å². The van der Waals surface area contributed by atoms with Gasteiger partial charge in [-0.1, -0.05) is 0 Å². The minimum absolute atomic E-state index is 0.345. The Balaban J connectivity index is 2.28. The minimum atomic E-state index is 0.345. The van der Waals surface area contributed by atoms with Crippen molar-refractivity contribution < 1.29 is 4.74 Å². The van der Waals surface area contributed by atoms with Gasteiger partial charge in [-0.2, -0.15) is 0 Å². The number of rotatable bonds is 1. The summed E-state index contributed by atoms with van der Waals surface area (Å²) >= 11 is 0. The zero-order chi connectivity index (χ0) is 12.9. The van der Waals surface area contributed by atoms with E-state index in [-0.39, 0.29) is 0 Å². The van der Waals surface area contributed by atoms with Crippen molar-refractivity contribution in [3.05, 3.63) is 28.5 Å². The standard InChI is InChI=1S/C15H20N2O/c1-8-6-12(16)9(2)14-11-7-10(18-3)4-5-13(11)17-15(8)14/h6,10,17H,4-5,7,16H2,1-3H3.